The Kier molecular flexibility index (Phi) is 24.0. The summed E-state index contributed by atoms with van der Waals surface area (Å²) in [5.74, 6) is -3.33. The van der Waals surface area contributed by atoms with Crippen molar-refractivity contribution in [2.45, 2.75) is 247 Å². The number of esters is 1. The Hall–Kier alpha value is -3.29. The Balaban J connectivity index is 1.24. The van der Waals surface area contributed by atoms with Crippen LogP contribution in [0.15, 0.2) is 54.6 Å². The maximum Gasteiger partial charge on any atom is 0.126 e. The quantitative estimate of drug-likeness (QED) is 0.0441. The van der Waals surface area contributed by atoms with Crippen LogP contribution in [-0.4, -0.2) is 140 Å². The minimum Gasteiger partial charge on any atom is -0.388 e. The largest absolute Gasteiger partial charge is 0.388 e. The molecule has 0 radical (unpaired) electrons. The predicted molar refractivity (Wildman–Crippen MR) is 320 cm³/mol. The number of benzene rings is 3. The van der Waals surface area contributed by atoms with E-state index < -0.39 is 79.1 Å². The van der Waals surface area contributed by atoms with Crippen LogP contribution in [0.5, 0.6) is 0 Å². The van der Waals surface area contributed by atoms with Gasteiger partial charge in [0.1, 0.15) is 23.9 Å². The van der Waals surface area contributed by atoms with Crippen molar-refractivity contribution in [2.75, 3.05) is 26.8 Å². The maximum absolute atomic E-state index is 14.4. The zero-order valence-electron chi connectivity index (χ0n) is 50.9. The number of rotatable bonds is 19. The summed E-state index contributed by atoms with van der Waals surface area (Å²) in [5, 5.41) is 64.3. The number of likely N-dealkylation sites (N-methyl/N-ethyl adjacent to an activating group) is 1. The molecular weight excluding hydrogens is 1000 g/mol. The molecule has 1 amide bonds. The van der Waals surface area contributed by atoms with Gasteiger partial charge in [0.15, 0.2) is 6.29 Å². The average molecular weight is 1110 g/mol. The molecule has 2 fully saturated rings. The number of aliphatic hydroxyl groups excluding tert-OH is 3. The van der Waals surface area contributed by atoms with Gasteiger partial charge in [-0.2, -0.15) is 0 Å². The molecule has 0 unspecified atom stereocenters. The maximum atomic E-state index is 14.4. The third kappa shape index (κ3) is 16.5. The summed E-state index contributed by atoms with van der Waals surface area (Å²) in [4.78, 5) is 31.8. The van der Waals surface area contributed by atoms with Gasteiger partial charge in [-0.15, -0.1) is 0 Å². The number of aliphatic hydroxyl groups is 5. The second kappa shape index (κ2) is 28.6. The minimum atomic E-state index is -2.42. The van der Waals surface area contributed by atoms with Crippen molar-refractivity contribution in [3.63, 3.8) is 0 Å². The summed E-state index contributed by atoms with van der Waals surface area (Å²) in [6.45, 7) is 27.1. The van der Waals surface area contributed by atoms with Gasteiger partial charge >= 0.3 is 235 Å². The molecule has 2 aliphatic rings. The number of unbranched alkanes of at least 4 members (excludes halogenated alkanes) is 8. The molecular formula is C65H105N2O10P. The van der Waals surface area contributed by atoms with Gasteiger partial charge in [-0.05, 0) is 73.9 Å². The van der Waals surface area contributed by atoms with Crippen LogP contribution in [-0.2, 0) is 23.8 Å². The van der Waals surface area contributed by atoms with E-state index in [9.17, 15) is 35.1 Å². The smallest absolute Gasteiger partial charge is 0.126 e. The number of amides is 1. The fraction of sp³-hybridized carbons (Fsp3) is 0.692. The molecule has 2 saturated heterocycles. The first-order chi connectivity index (χ1) is 36.5. The second-order valence-corrected chi connectivity index (χ2v) is 29.5. The van der Waals surface area contributed by atoms with E-state index in [0.29, 0.717) is 12.8 Å². The molecule has 440 valence electrons. The first-order valence-corrected chi connectivity index (χ1v) is 32.0. The molecule has 2 heterocycles. The standard InChI is InChI=1S/C65H105N2O10P/c1-17-56-65(14,74)60(71)51(12)67(40-47(8)39-64(13,73)61(49(10)58(69)50(11)62(72)76-56)77-63-59(70)55(66(15)16)38-48(9)75-63)57(68)27-25-23-21-19-18-20-22-24-26-28-78(52-32-41(2)29-42(3)33-52,53-34-43(4)30-44(5)35-53)54-36-45(6)31-46(7)37-54/h29-37,47-51,55-56,58-61,63,69-71,73-74,78H,17-28,38-40H2,1-16H3/t47-,48-,49+,50-,51-,55+,56-,58+,59-,60-,61-,63+,64-,65-/m1/s1. The molecule has 0 bridgehead atoms. The number of nitrogens with zero attached hydrogens (tertiary/aromatic N) is 2. The molecule has 0 saturated carbocycles. The van der Waals surface area contributed by atoms with Crippen molar-refractivity contribution < 1.29 is 49.3 Å². The van der Waals surface area contributed by atoms with E-state index in [1.165, 1.54) is 76.0 Å². The molecule has 78 heavy (non-hydrogen) atoms. The van der Waals surface area contributed by atoms with Crippen molar-refractivity contribution in [3.8, 4) is 0 Å². The fourth-order valence-electron chi connectivity index (χ4n) is 13.5. The Morgan fingerprint density at radius 1 is 0.705 bits per heavy atom. The minimum absolute atomic E-state index is 0.0949. The Bertz CT molecular complexity index is 2220. The third-order valence-corrected chi connectivity index (χ3v) is 22.5. The fourth-order valence-corrected chi connectivity index (χ4v) is 19.0. The summed E-state index contributed by atoms with van der Waals surface area (Å²) in [7, 11) is 1.33. The monoisotopic (exact) mass is 1100 g/mol. The van der Waals surface area contributed by atoms with Gasteiger partial charge in [0.05, 0.1) is 35.9 Å². The zero-order valence-corrected chi connectivity index (χ0v) is 51.9. The van der Waals surface area contributed by atoms with Gasteiger partial charge in [0.2, 0.25) is 0 Å². The molecule has 0 aromatic heterocycles. The summed E-state index contributed by atoms with van der Waals surface area (Å²) in [6.07, 6.45) is 3.96. The Labute approximate surface area is 471 Å². The van der Waals surface area contributed by atoms with Gasteiger partial charge in [-0.1, -0.05) is 20.8 Å². The number of hydrogen-bond donors (Lipinski definition) is 5. The topological polar surface area (TPSA) is 169 Å². The molecule has 2 aliphatic heterocycles. The van der Waals surface area contributed by atoms with E-state index in [1.807, 2.05) is 32.8 Å². The Morgan fingerprint density at radius 2 is 1.15 bits per heavy atom. The van der Waals surface area contributed by atoms with Gasteiger partial charge in [0.25, 0.3) is 0 Å². The molecule has 3 aromatic carbocycles. The van der Waals surface area contributed by atoms with Gasteiger partial charge < -0.3 is 49.5 Å². The van der Waals surface area contributed by atoms with Crippen molar-refractivity contribution in [1.29, 1.82) is 0 Å². The molecule has 3 aromatic rings. The summed E-state index contributed by atoms with van der Waals surface area (Å²) in [5.41, 5.74) is 4.28. The van der Waals surface area contributed by atoms with Crippen molar-refractivity contribution in [3.05, 3.63) is 88.0 Å². The first-order valence-electron chi connectivity index (χ1n) is 29.8. The SMILES string of the molecule is CC[C@H]1OC(=O)[C@H](C)[C@@H](O)[C@H](C)[C@@H](O[C@@H]2O[C@H](C)C[C@H](N(C)C)[C@H]2O)[C@](C)(O)C[C@@H](C)CN(C(=O)CCCCCCCCCCC[PH](c2cc(C)cc(C)c2)(c2cc(C)cc(C)c2)c2cc(C)cc(C)c2)[C@H](C)[C@@H](O)[C@]1(C)O. The first kappa shape index (κ1) is 65.5. The van der Waals surface area contributed by atoms with E-state index in [-0.39, 0.29) is 49.8 Å². The van der Waals surface area contributed by atoms with Crippen LogP contribution in [0.1, 0.15) is 172 Å². The van der Waals surface area contributed by atoms with Crippen LogP contribution in [0.3, 0.4) is 0 Å². The van der Waals surface area contributed by atoms with E-state index in [4.69, 9.17) is 14.2 Å². The van der Waals surface area contributed by atoms with Crippen LogP contribution < -0.4 is 15.9 Å². The normalized spacial score (nSPS) is 31.2. The second-order valence-electron chi connectivity index (χ2n) is 25.4. The molecule has 12 nitrogen and oxygen atoms in total. The van der Waals surface area contributed by atoms with E-state index in [0.717, 1.165) is 44.7 Å². The number of carbonyl (C=O) groups is 2. The number of hydrogen-bond acceptors (Lipinski definition) is 11. The summed E-state index contributed by atoms with van der Waals surface area (Å²) >= 11 is 0. The molecule has 0 aliphatic carbocycles. The number of carbonyl (C=O) groups excluding carboxylic acids is 2. The number of ether oxygens (including phenoxy) is 3. The molecule has 5 N–H and O–H groups in total. The van der Waals surface area contributed by atoms with Crippen molar-refractivity contribution in [2.24, 2.45) is 17.8 Å². The van der Waals surface area contributed by atoms with Crippen molar-refractivity contribution in [1.82, 2.24) is 9.80 Å². The zero-order chi connectivity index (χ0) is 58.0. The van der Waals surface area contributed by atoms with Crippen molar-refractivity contribution >= 4 is 35.1 Å². The average Bonchev–Trinajstić information content (AvgIpc) is 3.37. The van der Waals surface area contributed by atoms with E-state index >= 15 is 0 Å². The van der Waals surface area contributed by atoms with Gasteiger partial charge in [-0.25, -0.2) is 0 Å². The van der Waals surface area contributed by atoms with Gasteiger partial charge in [-0.3, -0.25) is 9.59 Å². The summed E-state index contributed by atoms with van der Waals surface area (Å²) < 4.78 is 18.6. The molecule has 0 spiro atoms. The molecule has 13 heteroatoms. The van der Waals surface area contributed by atoms with E-state index in [2.05, 4.69) is 96.1 Å². The Morgan fingerprint density at radius 3 is 1.60 bits per heavy atom. The van der Waals surface area contributed by atoms with E-state index in [1.54, 1.807) is 32.6 Å². The molecule has 5 rings (SSSR count). The van der Waals surface area contributed by atoms with Crippen LogP contribution in [0, 0.1) is 59.3 Å². The molecule has 14 atom stereocenters. The third-order valence-electron chi connectivity index (χ3n) is 17.6. The summed E-state index contributed by atoms with van der Waals surface area (Å²) in [6, 6.07) is 20.5. The predicted octanol–water partition coefficient (Wildman–Crippen LogP) is 9.35. The van der Waals surface area contributed by atoms with Crippen LogP contribution in [0.4, 0.5) is 0 Å². The van der Waals surface area contributed by atoms with Crippen LogP contribution in [0.25, 0.3) is 0 Å². The number of aryl methyl sites for hydroxylation is 6. The van der Waals surface area contributed by atoms with Crippen LogP contribution in [0.2, 0.25) is 0 Å². The number of cyclic esters (lactones) is 1. The van der Waals surface area contributed by atoms with Crippen LogP contribution >= 0.6 is 7.26 Å². The van der Waals surface area contributed by atoms with Gasteiger partial charge in [0, 0.05) is 18.5 Å².